The van der Waals surface area contributed by atoms with Gasteiger partial charge in [-0.25, -0.2) is 4.68 Å². The van der Waals surface area contributed by atoms with Crippen molar-refractivity contribution in [3.8, 4) is 0 Å². The van der Waals surface area contributed by atoms with E-state index in [1.807, 2.05) is 26.0 Å². The number of anilines is 2. The van der Waals surface area contributed by atoms with Crippen LogP contribution in [-0.2, 0) is 9.59 Å². The van der Waals surface area contributed by atoms with E-state index in [0.29, 0.717) is 32.3 Å². The molecule has 4 aromatic rings. The van der Waals surface area contributed by atoms with Crippen molar-refractivity contribution in [2.45, 2.75) is 13.8 Å². The Bertz CT molecular complexity index is 1450. The molecular formula is C25H20Cl2N4O3. The Labute approximate surface area is 205 Å². The molecule has 0 bridgehead atoms. The number of carbonyl (C=O) groups is 3. The van der Waals surface area contributed by atoms with E-state index in [0.717, 1.165) is 11.1 Å². The lowest BCUT2D eigenvalue weighted by atomic mass is 10.1. The van der Waals surface area contributed by atoms with Crippen molar-refractivity contribution < 1.29 is 14.4 Å². The van der Waals surface area contributed by atoms with Gasteiger partial charge in [0.1, 0.15) is 5.69 Å². The van der Waals surface area contributed by atoms with Crippen LogP contribution >= 0.6 is 23.2 Å². The quantitative estimate of drug-likeness (QED) is 0.326. The molecule has 3 N–H and O–H groups in total. The summed E-state index contributed by atoms with van der Waals surface area (Å²) in [6.07, 6.45) is 0. The molecule has 3 amide bonds. The molecule has 3 aromatic carbocycles. The van der Waals surface area contributed by atoms with Gasteiger partial charge in [-0.3, -0.25) is 19.8 Å². The first-order valence-corrected chi connectivity index (χ1v) is 11.0. The number of nitrogens with one attached hydrogen (secondary N) is 3. The first kappa shape index (κ1) is 23.4. The van der Waals surface area contributed by atoms with Crippen molar-refractivity contribution in [2.24, 2.45) is 0 Å². The Kier molecular flexibility index (Phi) is 6.58. The first-order chi connectivity index (χ1) is 16.2. The Morgan fingerprint density at radius 2 is 1.56 bits per heavy atom. The maximum absolute atomic E-state index is 13.1. The van der Waals surface area contributed by atoms with E-state index in [2.05, 4.69) is 16.1 Å². The second-order valence-electron chi connectivity index (χ2n) is 7.75. The predicted molar refractivity (Wildman–Crippen MR) is 135 cm³/mol. The second kappa shape index (κ2) is 9.59. The van der Waals surface area contributed by atoms with Crippen molar-refractivity contribution in [1.82, 2.24) is 4.68 Å². The highest BCUT2D eigenvalue weighted by Gasteiger charge is 2.21. The molecule has 34 heavy (non-hydrogen) atoms. The van der Waals surface area contributed by atoms with Gasteiger partial charge >= 0.3 is 11.8 Å². The van der Waals surface area contributed by atoms with Crippen LogP contribution in [-0.4, -0.2) is 22.4 Å². The molecule has 9 heteroatoms. The zero-order chi connectivity index (χ0) is 24.4. The monoisotopic (exact) mass is 494 g/mol. The molecular weight excluding hydrogens is 475 g/mol. The fourth-order valence-corrected chi connectivity index (χ4v) is 3.81. The topological polar surface area (TPSA) is 92.2 Å². The number of carbonyl (C=O) groups excluding carboxylic acids is 3. The van der Waals surface area contributed by atoms with E-state index in [1.165, 1.54) is 4.68 Å². The number of fused-ring (bicyclic) bond motifs is 1. The number of aryl methyl sites for hydroxylation is 2. The number of amides is 3. The summed E-state index contributed by atoms with van der Waals surface area (Å²) in [5.41, 5.74) is 5.88. The van der Waals surface area contributed by atoms with Crippen LogP contribution in [0.5, 0.6) is 0 Å². The first-order valence-electron chi connectivity index (χ1n) is 10.3. The molecule has 0 saturated heterocycles. The highest BCUT2D eigenvalue weighted by molar-refractivity contribution is 6.42. The predicted octanol–water partition coefficient (Wildman–Crippen LogP) is 5.53. The fraction of sp³-hybridized carbons (Fsp3) is 0.0800. The number of hydrogen-bond donors (Lipinski definition) is 3. The molecule has 0 spiro atoms. The van der Waals surface area contributed by atoms with Gasteiger partial charge in [0.05, 0.1) is 5.52 Å². The molecule has 1 heterocycles. The average Bonchev–Trinajstić information content (AvgIpc) is 3.13. The van der Waals surface area contributed by atoms with Gasteiger partial charge in [-0.05, 0) is 73.5 Å². The number of hydrogen-bond acceptors (Lipinski definition) is 3. The largest absolute Gasteiger partial charge is 0.328 e. The van der Waals surface area contributed by atoms with Crippen LogP contribution in [0.4, 0.5) is 11.4 Å². The van der Waals surface area contributed by atoms with Crippen molar-refractivity contribution >= 4 is 63.2 Å². The van der Waals surface area contributed by atoms with Crippen LogP contribution < -0.4 is 16.1 Å². The molecule has 0 aliphatic carbocycles. The van der Waals surface area contributed by atoms with Gasteiger partial charge in [-0.2, -0.15) is 0 Å². The minimum atomic E-state index is -0.940. The number of benzene rings is 3. The van der Waals surface area contributed by atoms with Crippen LogP contribution in [0.1, 0.15) is 21.6 Å². The normalized spacial score (nSPS) is 10.7. The maximum atomic E-state index is 13.1. The molecule has 0 aliphatic rings. The molecule has 0 fully saturated rings. The second-order valence-corrected chi connectivity index (χ2v) is 8.62. The number of nitrogens with zero attached hydrogens (tertiary/aromatic N) is 1. The summed E-state index contributed by atoms with van der Waals surface area (Å²) < 4.78 is 1.26. The molecule has 0 aliphatic heterocycles. The van der Waals surface area contributed by atoms with Gasteiger partial charge in [0, 0.05) is 26.8 Å². The molecule has 7 nitrogen and oxygen atoms in total. The van der Waals surface area contributed by atoms with Crippen molar-refractivity contribution in [3.05, 3.63) is 93.6 Å². The molecule has 4 rings (SSSR count). The van der Waals surface area contributed by atoms with Gasteiger partial charge in [0.2, 0.25) is 0 Å². The third-order valence-corrected chi connectivity index (χ3v) is 5.61. The third-order valence-electron chi connectivity index (χ3n) is 5.14. The van der Waals surface area contributed by atoms with Crippen molar-refractivity contribution in [3.63, 3.8) is 0 Å². The third kappa shape index (κ3) is 5.06. The lowest BCUT2D eigenvalue weighted by Gasteiger charge is -2.13. The van der Waals surface area contributed by atoms with Crippen molar-refractivity contribution in [2.75, 3.05) is 16.1 Å². The number of halogens is 2. The summed E-state index contributed by atoms with van der Waals surface area (Å²) in [5, 5.41) is 6.89. The molecule has 0 unspecified atom stereocenters. The lowest BCUT2D eigenvalue weighted by molar-refractivity contribution is -0.133. The summed E-state index contributed by atoms with van der Waals surface area (Å²) in [4.78, 5) is 38.5. The Morgan fingerprint density at radius 1 is 0.794 bits per heavy atom. The zero-order valence-electron chi connectivity index (χ0n) is 18.3. The van der Waals surface area contributed by atoms with E-state index < -0.39 is 17.7 Å². The Hall–Kier alpha value is -3.81. The van der Waals surface area contributed by atoms with E-state index in [1.54, 1.807) is 54.6 Å². The molecule has 0 saturated carbocycles. The molecule has 0 atom stereocenters. The summed E-state index contributed by atoms with van der Waals surface area (Å²) in [6.45, 7) is 3.71. The molecule has 1 aromatic heterocycles. The minimum Gasteiger partial charge on any atom is -0.321 e. The van der Waals surface area contributed by atoms with Gasteiger partial charge < -0.3 is 10.6 Å². The lowest BCUT2D eigenvalue weighted by Crippen LogP contribution is -2.36. The smallest absolute Gasteiger partial charge is 0.321 e. The number of aromatic nitrogens is 1. The van der Waals surface area contributed by atoms with Crippen LogP contribution in [0.3, 0.4) is 0 Å². The van der Waals surface area contributed by atoms with Gasteiger partial charge in [0.25, 0.3) is 5.91 Å². The fourth-order valence-electron chi connectivity index (χ4n) is 3.44. The van der Waals surface area contributed by atoms with Gasteiger partial charge in [0.15, 0.2) is 0 Å². The average molecular weight is 495 g/mol. The van der Waals surface area contributed by atoms with Crippen LogP contribution in [0, 0.1) is 13.8 Å². The summed E-state index contributed by atoms with van der Waals surface area (Å²) in [6, 6.07) is 18.7. The SMILES string of the molecule is Cc1ccc(C)c(NC(=O)C(=O)Nn2c(C(=O)Nc3cccc(Cl)c3)cc3cc(Cl)ccc32)c1. The van der Waals surface area contributed by atoms with Crippen LogP contribution in [0.15, 0.2) is 66.7 Å². The number of rotatable bonds is 4. The molecule has 172 valence electrons. The summed E-state index contributed by atoms with van der Waals surface area (Å²) >= 11 is 12.1. The van der Waals surface area contributed by atoms with Gasteiger partial charge in [-0.15, -0.1) is 0 Å². The maximum Gasteiger partial charge on any atom is 0.328 e. The van der Waals surface area contributed by atoms with Gasteiger partial charge in [-0.1, -0.05) is 41.4 Å². The van der Waals surface area contributed by atoms with Crippen LogP contribution in [0.25, 0.3) is 10.9 Å². The van der Waals surface area contributed by atoms with E-state index in [4.69, 9.17) is 23.2 Å². The van der Waals surface area contributed by atoms with E-state index >= 15 is 0 Å². The zero-order valence-corrected chi connectivity index (χ0v) is 19.8. The highest BCUT2D eigenvalue weighted by atomic mass is 35.5. The van der Waals surface area contributed by atoms with E-state index in [9.17, 15) is 14.4 Å². The summed E-state index contributed by atoms with van der Waals surface area (Å²) in [5.74, 6) is -2.32. The Balaban J connectivity index is 1.64. The highest BCUT2D eigenvalue weighted by Crippen LogP contribution is 2.24. The summed E-state index contributed by atoms with van der Waals surface area (Å²) in [7, 11) is 0. The van der Waals surface area contributed by atoms with Crippen LogP contribution in [0.2, 0.25) is 10.0 Å². The standard InChI is InChI=1S/C25H20Cl2N4O3/c1-14-6-7-15(2)20(10-14)29-24(33)25(34)30-31-21-9-8-18(27)11-16(21)12-22(31)23(32)28-19-5-3-4-17(26)13-19/h3-13H,1-2H3,(H,28,32)(H,29,33)(H,30,34). The molecule has 0 radical (unpaired) electrons. The van der Waals surface area contributed by atoms with Crippen molar-refractivity contribution in [1.29, 1.82) is 0 Å². The van der Waals surface area contributed by atoms with E-state index in [-0.39, 0.29) is 5.69 Å². The Morgan fingerprint density at radius 3 is 2.32 bits per heavy atom. The minimum absolute atomic E-state index is 0.102.